The van der Waals surface area contributed by atoms with E-state index in [1.54, 1.807) is 7.11 Å². The third-order valence-corrected chi connectivity index (χ3v) is 7.89. The van der Waals surface area contributed by atoms with Crippen LogP contribution in [0.1, 0.15) is 11.1 Å². The molecule has 0 radical (unpaired) electrons. The number of aliphatic hydroxyl groups excluding tert-OH is 8. The van der Waals surface area contributed by atoms with Crippen LogP contribution in [-0.2, 0) is 20.8 Å². The van der Waals surface area contributed by atoms with Gasteiger partial charge in [0.05, 0.1) is 30.9 Å². The maximum Gasteiger partial charge on any atom is 0.147 e. The Morgan fingerprint density at radius 1 is 0.674 bits per heavy atom. The summed E-state index contributed by atoms with van der Waals surface area (Å²) >= 11 is 0. The highest BCUT2D eigenvalue weighted by Gasteiger charge is 2.43. The summed E-state index contributed by atoms with van der Waals surface area (Å²) in [5, 5.41) is 81.6. The van der Waals surface area contributed by atoms with Gasteiger partial charge < -0.3 is 59.6 Å². The van der Waals surface area contributed by atoms with Crippen LogP contribution in [0, 0.1) is 23.7 Å². The highest BCUT2D eigenvalue weighted by atomic mass is 16.5. The predicted octanol–water partition coefficient (Wildman–Crippen LogP) is -2.17. The molecular weight excluding hydrogens is 562 g/mol. The first-order chi connectivity index (χ1) is 20.7. The Labute approximate surface area is 247 Å². The van der Waals surface area contributed by atoms with Gasteiger partial charge in [-0.2, -0.15) is 0 Å². The Morgan fingerprint density at radius 3 is 1.51 bits per heavy atom. The van der Waals surface area contributed by atoms with Gasteiger partial charge in [0.1, 0.15) is 61.0 Å². The molecule has 230 valence electrons. The van der Waals surface area contributed by atoms with Crippen molar-refractivity contribution in [1.29, 1.82) is 0 Å². The summed E-state index contributed by atoms with van der Waals surface area (Å²) in [6, 6.07) is 11.2. The minimum absolute atomic E-state index is 0.417. The monoisotopic (exact) mass is 597 g/mol. The molecule has 2 saturated heterocycles. The van der Waals surface area contributed by atoms with Gasteiger partial charge in [-0.1, -0.05) is 35.8 Å². The third-order valence-electron chi connectivity index (χ3n) is 7.89. The summed E-state index contributed by atoms with van der Waals surface area (Å²) in [6.07, 6.45) is -13.2. The van der Waals surface area contributed by atoms with Crippen molar-refractivity contribution < 1.29 is 55.1 Å². The molecule has 12 heteroatoms. The number of benzene rings is 2. The number of aromatic nitrogens is 1. The van der Waals surface area contributed by atoms with E-state index in [0.717, 1.165) is 21.8 Å². The van der Waals surface area contributed by atoms with Crippen molar-refractivity contribution in [3.8, 4) is 23.7 Å². The molecule has 43 heavy (non-hydrogen) atoms. The average Bonchev–Trinajstić information content (AvgIpc) is 3.32. The number of ether oxygens (including phenoxy) is 3. The van der Waals surface area contributed by atoms with Crippen molar-refractivity contribution in [3.05, 3.63) is 47.5 Å². The van der Waals surface area contributed by atoms with Crippen LogP contribution >= 0.6 is 0 Å². The van der Waals surface area contributed by atoms with Crippen LogP contribution in [0.4, 0.5) is 0 Å². The quantitative estimate of drug-likeness (QED) is 0.149. The lowest BCUT2D eigenvalue weighted by molar-refractivity contribution is -0.214. The van der Waals surface area contributed by atoms with Crippen LogP contribution in [0.5, 0.6) is 0 Å². The number of aliphatic hydroxyl groups is 8. The van der Waals surface area contributed by atoms with Crippen molar-refractivity contribution >= 4 is 21.8 Å². The summed E-state index contributed by atoms with van der Waals surface area (Å²) in [7, 11) is 1.60. The third kappa shape index (κ3) is 6.14. The van der Waals surface area contributed by atoms with Crippen LogP contribution in [-0.4, -0.2) is 133 Å². The van der Waals surface area contributed by atoms with Crippen molar-refractivity contribution in [1.82, 2.24) is 4.57 Å². The highest BCUT2D eigenvalue weighted by molar-refractivity contribution is 6.08. The van der Waals surface area contributed by atoms with Gasteiger partial charge in [0, 0.05) is 35.6 Å². The highest BCUT2D eigenvalue weighted by Crippen LogP contribution is 2.31. The first-order valence-electron chi connectivity index (χ1n) is 13.9. The summed E-state index contributed by atoms with van der Waals surface area (Å²) < 4.78 is 18.4. The molecule has 2 aliphatic rings. The zero-order chi connectivity index (χ0) is 30.8. The van der Waals surface area contributed by atoms with E-state index >= 15 is 0 Å². The number of fused-ring (bicyclic) bond motifs is 3. The first kappa shape index (κ1) is 31.3. The second-order valence-electron chi connectivity index (χ2n) is 10.6. The molecule has 0 saturated carbocycles. The van der Waals surface area contributed by atoms with E-state index in [0.29, 0.717) is 24.3 Å². The van der Waals surface area contributed by atoms with Gasteiger partial charge in [0.15, 0.2) is 0 Å². The van der Waals surface area contributed by atoms with Crippen molar-refractivity contribution in [3.63, 3.8) is 0 Å². The number of methoxy groups -OCH3 is 1. The molecule has 10 atom stereocenters. The SMILES string of the molecule is COCCn1c2cc(C#C[C@H]3O[C@H](CO)[C@@H](O)[C@H](O)[C@@H]3O)ccc2c2ccc(C#C[C@H]3O[C@H](CO)[C@@H](O)[C@H](O)[C@@H]3O)cc21. The first-order valence-corrected chi connectivity index (χ1v) is 13.9. The Balaban J connectivity index is 1.48. The smallest absolute Gasteiger partial charge is 0.147 e. The molecule has 3 aromatic rings. The fourth-order valence-corrected chi connectivity index (χ4v) is 5.42. The standard InChI is InChI=1S/C31H35NO11/c1-41-11-10-32-20-12-16(4-8-22-26(35)30(39)28(37)24(14-33)42-22)2-6-18(20)19-7-3-17(13-21(19)32)5-9-23-27(36)31(40)29(38)25(15-34)43-23/h2-3,6-7,12-13,22-31,33-40H,10-11,14-15H2,1H3/t22-,23-,24-,25-,26-,27-,28-,29-,30-,31-/m1/s1. The fourth-order valence-electron chi connectivity index (χ4n) is 5.42. The minimum Gasteiger partial charge on any atom is -0.394 e. The zero-order valence-corrected chi connectivity index (χ0v) is 23.3. The van der Waals surface area contributed by atoms with Crippen LogP contribution in [0.3, 0.4) is 0 Å². The van der Waals surface area contributed by atoms with Crippen LogP contribution in [0.2, 0.25) is 0 Å². The van der Waals surface area contributed by atoms with Crippen LogP contribution in [0.15, 0.2) is 36.4 Å². The van der Waals surface area contributed by atoms with E-state index in [9.17, 15) is 40.9 Å². The summed E-state index contributed by atoms with van der Waals surface area (Å²) in [5.74, 6) is 11.5. The Bertz CT molecular complexity index is 1450. The molecule has 0 aliphatic carbocycles. The lowest BCUT2D eigenvalue weighted by atomic mass is 9.95. The Hall–Kier alpha value is -3.08. The molecule has 0 bridgehead atoms. The predicted molar refractivity (Wildman–Crippen MR) is 153 cm³/mol. The van der Waals surface area contributed by atoms with Gasteiger partial charge in [-0.3, -0.25) is 0 Å². The summed E-state index contributed by atoms with van der Waals surface area (Å²) in [5.41, 5.74) is 2.92. The number of hydrogen-bond donors (Lipinski definition) is 8. The second kappa shape index (κ2) is 13.3. The molecule has 8 N–H and O–H groups in total. The molecule has 2 fully saturated rings. The number of rotatable bonds is 5. The topological polar surface area (TPSA) is 194 Å². The summed E-state index contributed by atoms with van der Waals surface area (Å²) in [6.45, 7) is -0.155. The molecule has 0 spiro atoms. The molecule has 5 rings (SSSR count). The normalized spacial score (nSPS) is 32.7. The van der Waals surface area contributed by atoms with Gasteiger partial charge in [-0.25, -0.2) is 0 Å². The van der Waals surface area contributed by atoms with Gasteiger partial charge in [-0.15, -0.1) is 0 Å². The zero-order valence-electron chi connectivity index (χ0n) is 23.3. The van der Waals surface area contributed by atoms with Crippen molar-refractivity contribution in [2.75, 3.05) is 26.9 Å². The van der Waals surface area contributed by atoms with Gasteiger partial charge in [0.25, 0.3) is 0 Å². The largest absolute Gasteiger partial charge is 0.394 e. The van der Waals surface area contributed by atoms with Crippen molar-refractivity contribution in [2.45, 2.75) is 67.6 Å². The van der Waals surface area contributed by atoms with E-state index in [2.05, 4.69) is 23.7 Å². The van der Waals surface area contributed by atoms with E-state index in [1.165, 1.54) is 0 Å². The maximum atomic E-state index is 10.3. The molecule has 2 aromatic carbocycles. The molecular formula is C31H35NO11. The molecule has 0 unspecified atom stereocenters. The Morgan fingerprint density at radius 2 is 1.12 bits per heavy atom. The summed E-state index contributed by atoms with van der Waals surface area (Å²) in [4.78, 5) is 0. The van der Waals surface area contributed by atoms with E-state index in [-0.39, 0.29) is 0 Å². The maximum absolute atomic E-state index is 10.3. The van der Waals surface area contributed by atoms with Gasteiger partial charge >= 0.3 is 0 Å². The molecule has 3 heterocycles. The van der Waals surface area contributed by atoms with E-state index < -0.39 is 74.3 Å². The molecule has 0 amide bonds. The molecule has 1 aromatic heterocycles. The van der Waals surface area contributed by atoms with Crippen molar-refractivity contribution in [2.24, 2.45) is 0 Å². The average molecular weight is 598 g/mol. The van der Waals surface area contributed by atoms with Gasteiger partial charge in [-0.05, 0) is 24.3 Å². The lowest BCUT2D eigenvalue weighted by Crippen LogP contribution is -2.58. The fraction of sp³-hybridized carbons (Fsp3) is 0.484. The van der Waals surface area contributed by atoms with Crippen LogP contribution < -0.4 is 0 Å². The van der Waals surface area contributed by atoms with Gasteiger partial charge in [0.2, 0.25) is 0 Å². The minimum atomic E-state index is -1.51. The van der Waals surface area contributed by atoms with Crippen LogP contribution in [0.25, 0.3) is 21.8 Å². The second-order valence-corrected chi connectivity index (χ2v) is 10.6. The molecule has 12 nitrogen and oxygen atoms in total. The number of hydrogen-bond acceptors (Lipinski definition) is 11. The molecule has 2 aliphatic heterocycles. The van der Waals surface area contributed by atoms with E-state index in [1.807, 2.05) is 41.0 Å². The van der Waals surface area contributed by atoms with E-state index in [4.69, 9.17) is 14.2 Å². The number of nitrogens with zero attached hydrogens (tertiary/aromatic N) is 1. The Kier molecular flexibility index (Phi) is 9.68. The lowest BCUT2D eigenvalue weighted by Gasteiger charge is -2.37.